The fourth-order valence-corrected chi connectivity index (χ4v) is 4.74. The summed E-state index contributed by atoms with van der Waals surface area (Å²) < 4.78 is 0. The Hall–Kier alpha value is -1.93. The number of hydrogen-bond acceptors (Lipinski definition) is 2. The molecule has 0 unspecified atom stereocenters. The molecule has 0 saturated carbocycles. The number of rotatable bonds is 0. The van der Waals surface area contributed by atoms with Crippen molar-refractivity contribution in [2.75, 3.05) is 20.1 Å². The molecule has 2 aromatic rings. The smallest absolute Gasteiger partial charge is 0.0740 e. The first-order chi connectivity index (χ1) is 12.5. The first-order valence-electron chi connectivity index (χ1n) is 9.92. The van der Waals surface area contributed by atoms with E-state index in [4.69, 9.17) is 4.98 Å². The highest BCUT2D eigenvalue weighted by molar-refractivity contribution is 5.86. The summed E-state index contributed by atoms with van der Waals surface area (Å²) in [5.74, 6) is 0. The SMILES string of the molecule is Cc1cnc2c(c1)CCc1c(C)c(C)cc(C)c1C2=C1CCN(C)CC1. The van der Waals surface area contributed by atoms with Crippen LogP contribution in [0.25, 0.3) is 5.57 Å². The summed E-state index contributed by atoms with van der Waals surface area (Å²) in [7, 11) is 2.23. The Balaban J connectivity index is 2.02. The second-order valence-electron chi connectivity index (χ2n) is 8.29. The van der Waals surface area contributed by atoms with Gasteiger partial charge in [0.15, 0.2) is 0 Å². The van der Waals surface area contributed by atoms with E-state index in [2.05, 4.69) is 58.0 Å². The fraction of sp³-hybridized carbons (Fsp3) is 0.458. The standard InChI is InChI=1S/C24H30N2/c1-15-12-20-6-7-21-18(4)16(2)13-17(3)22(21)23(24(20)25-14-15)19-8-10-26(5)11-9-19/h12-14H,6-11H2,1-5H3. The molecular weight excluding hydrogens is 316 g/mol. The summed E-state index contributed by atoms with van der Waals surface area (Å²) in [5, 5.41) is 0. The van der Waals surface area contributed by atoms with Crippen molar-refractivity contribution < 1.29 is 0 Å². The lowest BCUT2D eigenvalue weighted by molar-refractivity contribution is 0.313. The van der Waals surface area contributed by atoms with Gasteiger partial charge in [0.05, 0.1) is 5.69 Å². The maximum atomic E-state index is 4.98. The normalized spacial score (nSPS) is 17.7. The van der Waals surface area contributed by atoms with E-state index in [1.54, 1.807) is 11.1 Å². The van der Waals surface area contributed by atoms with Gasteiger partial charge in [-0.3, -0.25) is 4.98 Å². The van der Waals surface area contributed by atoms with Crippen molar-refractivity contribution in [3.8, 4) is 0 Å². The summed E-state index contributed by atoms with van der Waals surface area (Å²) in [6.45, 7) is 11.3. The lowest BCUT2D eigenvalue weighted by Crippen LogP contribution is -2.27. The zero-order chi connectivity index (χ0) is 18.4. The van der Waals surface area contributed by atoms with E-state index in [-0.39, 0.29) is 0 Å². The van der Waals surface area contributed by atoms with Crippen LogP contribution in [-0.4, -0.2) is 30.0 Å². The quantitative estimate of drug-likeness (QED) is 0.671. The molecule has 0 bridgehead atoms. The Morgan fingerprint density at radius 1 is 0.885 bits per heavy atom. The monoisotopic (exact) mass is 346 g/mol. The molecule has 0 amide bonds. The third-order valence-corrected chi connectivity index (χ3v) is 6.35. The lowest BCUT2D eigenvalue weighted by Gasteiger charge is -2.28. The first-order valence-corrected chi connectivity index (χ1v) is 9.92. The summed E-state index contributed by atoms with van der Waals surface area (Å²) in [6.07, 6.45) is 6.59. The third kappa shape index (κ3) is 2.91. The van der Waals surface area contributed by atoms with Crippen LogP contribution in [0.1, 0.15) is 57.5 Å². The number of benzene rings is 1. The molecule has 1 aliphatic carbocycles. The van der Waals surface area contributed by atoms with E-state index >= 15 is 0 Å². The van der Waals surface area contributed by atoms with E-state index in [1.165, 1.54) is 44.6 Å². The second-order valence-corrected chi connectivity index (χ2v) is 8.29. The van der Waals surface area contributed by atoms with Gasteiger partial charge in [0, 0.05) is 24.9 Å². The van der Waals surface area contributed by atoms with Gasteiger partial charge in [0.2, 0.25) is 0 Å². The lowest BCUT2D eigenvalue weighted by atomic mass is 9.83. The molecule has 26 heavy (non-hydrogen) atoms. The fourth-order valence-electron chi connectivity index (χ4n) is 4.74. The zero-order valence-electron chi connectivity index (χ0n) is 16.9. The Bertz CT molecular complexity index is 895. The minimum atomic E-state index is 1.09. The van der Waals surface area contributed by atoms with Crippen molar-refractivity contribution in [1.82, 2.24) is 9.88 Å². The minimum Gasteiger partial charge on any atom is -0.306 e. The van der Waals surface area contributed by atoms with Crippen molar-refractivity contribution in [2.45, 2.75) is 53.4 Å². The van der Waals surface area contributed by atoms with Crippen LogP contribution in [0.3, 0.4) is 0 Å². The van der Waals surface area contributed by atoms with E-state index < -0.39 is 0 Å². The number of nitrogens with zero attached hydrogens (tertiary/aromatic N) is 2. The summed E-state index contributed by atoms with van der Waals surface area (Å²) in [6, 6.07) is 4.74. The number of aryl methyl sites for hydroxylation is 4. The van der Waals surface area contributed by atoms with Gasteiger partial charge in [-0.15, -0.1) is 0 Å². The predicted octanol–water partition coefficient (Wildman–Crippen LogP) is 4.94. The molecule has 2 nitrogen and oxygen atoms in total. The molecule has 4 rings (SSSR count). The second kappa shape index (κ2) is 6.66. The Kier molecular flexibility index (Phi) is 4.48. The van der Waals surface area contributed by atoms with Crippen LogP contribution < -0.4 is 0 Å². The number of aromatic nitrogens is 1. The van der Waals surface area contributed by atoms with Crippen molar-refractivity contribution in [2.24, 2.45) is 0 Å². The number of pyridine rings is 1. The Labute approximate surface area is 158 Å². The molecule has 1 aromatic heterocycles. The van der Waals surface area contributed by atoms with Gasteiger partial charge in [-0.2, -0.15) is 0 Å². The van der Waals surface area contributed by atoms with Gasteiger partial charge in [-0.25, -0.2) is 0 Å². The van der Waals surface area contributed by atoms with Crippen LogP contribution >= 0.6 is 0 Å². The highest BCUT2D eigenvalue weighted by Crippen LogP contribution is 2.41. The van der Waals surface area contributed by atoms with E-state index in [1.807, 2.05) is 0 Å². The maximum absolute atomic E-state index is 4.98. The molecule has 1 saturated heterocycles. The molecule has 1 aromatic carbocycles. The highest BCUT2D eigenvalue weighted by atomic mass is 15.1. The van der Waals surface area contributed by atoms with Crippen LogP contribution in [0.5, 0.6) is 0 Å². The summed E-state index contributed by atoms with van der Waals surface area (Å²) >= 11 is 0. The van der Waals surface area contributed by atoms with Crippen molar-refractivity contribution in [3.63, 3.8) is 0 Å². The zero-order valence-corrected chi connectivity index (χ0v) is 16.9. The molecular formula is C24H30N2. The largest absolute Gasteiger partial charge is 0.306 e. The van der Waals surface area contributed by atoms with Crippen molar-refractivity contribution in [3.05, 3.63) is 68.5 Å². The van der Waals surface area contributed by atoms with Crippen LogP contribution in [0.15, 0.2) is 23.9 Å². The molecule has 136 valence electrons. The summed E-state index contributed by atoms with van der Waals surface area (Å²) in [4.78, 5) is 7.42. The van der Waals surface area contributed by atoms with Gasteiger partial charge in [0.1, 0.15) is 0 Å². The molecule has 1 aliphatic heterocycles. The Morgan fingerprint density at radius 3 is 2.35 bits per heavy atom. The number of hydrogen-bond donors (Lipinski definition) is 0. The van der Waals surface area contributed by atoms with Crippen LogP contribution in [0.4, 0.5) is 0 Å². The predicted molar refractivity (Wildman–Crippen MR) is 110 cm³/mol. The summed E-state index contributed by atoms with van der Waals surface area (Å²) in [5.41, 5.74) is 14.4. The minimum absolute atomic E-state index is 1.09. The molecule has 0 atom stereocenters. The molecule has 0 N–H and O–H groups in total. The molecule has 2 aliphatic rings. The molecule has 2 heteroatoms. The first kappa shape index (κ1) is 17.5. The Morgan fingerprint density at radius 2 is 1.62 bits per heavy atom. The van der Waals surface area contributed by atoms with Crippen molar-refractivity contribution in [1.29, 1.82) is 0 Å². The molecule has 1 fully saturated rings. The number of likely N-dealkylation sites (tertiary alicyclic amines) is 1. The molecule has 0 radical (unpaired) electrons. The van der Waals surface area contributed by atoms with Gasteiger partial charge < -0.3 is 4.90 Å². The van der Waals surface area contributed by atoms with E-state index in [0.717, 1.165) is 38.8 Å². The average Bonchev–Trinajstić information content (AvgIpc) is 2.78. The maximum Gasteiger partial charge on any atom is 0.0740 e. The van der Waals surface area contributed by atoms with Gasteiger partial charge in [0.25, 0.3) is 0 Å². The van der Waals surface area contributed by atoms with Crippen molar-refractivity contribution >= 4 is 5.57 Å². The van der Waals surface area contributed by atoms with Gasteiger partial charge >= 0.3 is 0 Å². The van der Waals surface area contributed by atoms with Crippen LogP contribution in [0.2, 0.25) is 0 Å². The van der Waals surface area contributed by atoms with Gasteiger partial charge in [-0.1, -0.05) is 17.7 Å². The third-order valence-electron chi connectivity index (χ3n) is 6.35. The molecule has 0 spiro atoms. The average molecular weight is 347 g/mol. The highest BCUT2D eigenvalue weighted by Gasteiger charge is 2.27. The van der Waals surface area contributed by atoms with Crippen LogP contribution in [0, 0.1) is 27.7 Å². The number of piperidine rings is 1. The molecule has 2 heterocycles. The van der Waals surface area contributed by atoms with E-state index in [9.17, 15) is 0 Å². The topological polar surface area (TPSA) is 16.1 Å². The van der Waals surface area contributed by atoms with E-state index in [0.29, 0.717) is 0 Å². The van der Waals surface area contributed by atoms with Gasteiger partial charge in [-0.05, 0) is 99.4 Å². The number of fused-ring (bicyclic) bond motifs is 2. The van der Waals surface area contributed by atoms with Crippen LogP contribution in [-0.2, 0) is 12.8 Å².